The molecule has 168 valence electrons. The van der Waals surface area contributed by atoms with E-state index in [4.69, 9.17) is 0 Å². The van der Waals surface area contributed by atoms with Crippen LogP contribution in [0.4, 0.5) is 5.69 Å². The minimum Gasteiger partial charge on any atom is -0.347 e. The zero-order chi connectivity index (χ0) is 22.1. The number of sulfonamides is 1. The molecule has 32 heavy (non-hydrogen) atoms. The van der Waals surface area contributed by atoms with Crippen LogP contribution in [0.25, 0.3) is 0 Å². The van der Waals surface area contributed by atoms with Crippen molar-refractivity contribution in [2.24, 2.45) is 17.8 Å². The van der Waals surface area contributed by atoms with E-state index in [1.807, 2.05) is 31.2 Å². The van der Waals surface area contributed by atoms with Crippen LogP contribution in [-0.4, -0.2) is 25.9 Å². The van der Waals surface area contributed by atoms with E-state index in [1.54, 1.807) is 24.3 Å². The smallest absolute Gasteiger partial charge is 0.264 e. The van der Waals surface area contributed by atoms with Crippen LogP contribution in [0.5, 0.6) is 0 Å². The van der Waals surface area contributed by atoms with Gasteiger partial charge in [0.2, 0.25) is 0 Å². The highest BCUT2D eigenvalue weighted by Gasteiger charge is 2.51. The summed E-state index contributed by atoms with van der Waals surface area (Å²) >= 11 is 0. The number of rotatable bonds is 4. The molecule has 1 heterocycles. The topological polar surface area (TPSA) is 66.5 Å². The van der Waals surface area contributed by atoms with Gasteiger partial charge in [0.25, 0.3) is 15.9 Å². The lowest BCUT2D eigenvalue weighted by atomic mass is 9.53. The fraction of sp³-hybridized carbons (Fsp3) is 0.500. The van der Waals surface area contributed by atoms with Crippen LogP contribution in [0.2, 0.25) is 0 Å². The monoisotopic (exact) mass is 450 g/mol. The van der Waals surface area contributed by atoms with E-state index in [0.29, 0.717) is 12.0 Å². The van der Waals surface area contributed by atoms with Gasteiger partial charge in [0.05, 0.1) is 10.6 Å². The molecule has 4 saturated carbocycles. The number of fused-ring (bicyclic) bond motifs is 1. The molecule has 0 unspecified atom stereocenters. The summed E-state index contributed by atoms with van der Waals surface area (Å²) in [7, 11) is -3.76. The van der Waals surface area contributed by atoms with Gasteiger partial charge in [0, 0.05) is 17.1 Å². The van der Waals surface area contributed by atoms with E-state index in [9.17, 15) is 13.2 Å². The highest BCUT2D eigenvalue weighted by atomic mass is 32.2. The van der Waals surface area contributed by atoms with Gasteiger partial charge in [-0.3, -0.25) is 9.10 Å². The highest BCUT2D eigenvalue weighted by molar-refractivity contribution is 7.92. The Morgan fingerprint density at radius 2 is 1.62 bits per heavy atom. The molecular weight excluding hydrogens is 420 g/mol. The number of benzene rings is 2. The first kappa shape index (κ1) is 20.3. The summed E-state index contributed by atoms with van der Waals surface area (Å²) in [5.74, 6) is 2.08. The first-order valence-corrected chi connectivity index (χ1v) is 13.3. The maximum absolute atomic E-state index is 13.6. The van der Waals surface area contributed by atoms with Gasteiger partial charge in [0.1, 0.15) is 0 Å². The predicted octanol–water partition coefficient (Wildman–Crippen LogP) is 4.53. The summed E-state index contributed by atoms with van der Waals surface area (Å²) in [6.07, 6.45) is 7.87. The highest BCUT2D eigenvalue weighted by Crippen LogP contribution is 2.55. The minimum atomic E-state index is -3.76. The lowest BCUT2D eigenvalue weighted by molar-refractivity contribution is -0.0167. The number of nitrogens with zero attached hydrogens (tertiary/aromatic N) is 1. The van der Waals surface area contributed by atoms with Crippen LogP contribution < -0.4 is 9.62 Å². The molecule has 2 aromatic rings. The number of carbonyl (C=O) groups is 1. The summed E-state index contributed by atoms with van der Waals surface area (Å²) in [6.45, 7) is 1.93. The molecule has 1 aliphatic heterocycles. The van der Waals surface area contributed by atoms with Crippen molar-refractivity contribution in [2.75, 3.05) is 4.31 Å². The van der Waals surface area contributed by atoms with Crippen molar-refractivity contribution in [2.45, 2.75) is 68.3 Å². The number of carbonyl (C=O) groups excluding carboxylic acids is 1. The predicted molar refractivity (Wildman–Crippen MR) is 124 cm³/mol. The van der Waals surface area contributed by atoms with Gasteiger partial charge in [0.15, 0.2) is 0 Å². The van der Waals surface area contributed by atoms with Crippen LogP contribution >= 0.6 is 0 Å². The van der Waals surface area contributed by atoms with Crippen LogP contribution in [-0.2, 0) is 16.4 Å². The minimum absolute atomic E-state index is 0.0941. The molecule has 0 saturated heterocycles. The molecule has 4 bridgehead atoms. The summed E-state index contributed by atoms with van der Waals surface area (Å²) in [6, 6.07) is 14.1. The molecule has 0 aromatic heterocycles. The van der Waals surface area contributed by atoms with Gasteiger partial charge >= 0.3 is 0 Å². The Bertz CT molecular complexity index is 1150. The lowest BCUT2D eigenvalue weighted by Crippen LogP contribution is -2.59. The molecule has 1 amide bonds. The van der Waals surface area contributed by atoms with Crippen molar-refractivity contribution >= 4 is 21.6 Å². The van der Waals surface area contributed by atoms with Crippen molar-refractivity contribution in [1.82, 2.24) is 5.32 Å². The third-order valence-corrected chi connectivity index (χ3v) is 10.1. The molecule has 4 aliphatic carbocycles. The van der Waals surface area contributed by atoms with Crippen LogP contribution in [0, 0.1) is 17.8 Å². The number of anilines is 1. The quantitative estimate of drug-likeness (QED) is 0.745. The van der Waals surface area contributed by atoms with Crippen molar-refractivity contribution in [3.8, 4) is 0 Å². The normalized spacial score (nSPS) is 32.7. The maximum Gasteiger partial charge on any atom is 0.264 e. The molecule has 0 spiro atoms. The second kappa shape index (κ2) is 7.08. The largest absolute Gasteiger partial charge is 0.347 e. The van der Waals surface area contributed by atoms with Crippen molar-refractivity contribution in [1.29, 1.82) is 0 Å². The van der Waals surface area contributed by atoms with Crippen LogP contribution in [0.1, 0.15) is 61.4 Å². The summed E-state index contributed by atoms with van der Waals surface area (Å²) in [5.41, 5.74) is 2.12. The zero-order valence-electron chi connectivity index (χ0n) is 18.5. The molecule has 5 nitrogen and oxygen atoms in total. The van der Waals surface area contributed by atoms with Crippen LogP contribution in [0.15, 0.2) is 53.4 Å². The molecule has 1 N–H and O–H groups in total. The molecule has 5 aliphatic rings. The van der Waals surface area contributed by atoms with E-state index in [2.05, 4.69) is 5.32 Å². The molecule has 2 aromatic carbocycles. The van der Waals surface area contributed by atoms with Crippen molar-refractivity contribution in [3.05, 3.63) is 59.7 Å². The van der Waals surface area contributed by atoms with E-state index < -0.39 is 10.0 Å². The SMILES string of the molecule is C[C@H]1Cc2ccccc2N1S(=O)(=O)c1cccc(C(=O)NC23CC4CC(CC(C4)C2)C3)c1. The third-order valence-electron chi connectivity index (χ3n) is 8.21. The summed E-state index contributed by atoms with van der Waals surface area (Å²) < 4.78 is 28.7. The second-order valence-corrected chi connectivity index (χ2v) is 12.5. The molecule has 7 rings (SSSR count). The number of hydrogen-bond acceptors (Lipinski definition) is 3. The average molecular weight is 451 g/mol. The number of hydrogen-bond donors (Lipinski definition) is 1. The van der Waals surface area contributed by atoms with Gasteiger partial charge < -0.3 is 5.32 Å². The molecule has 4 fully saturated rings. The first-order chi connectivity index (χ1) is 15.3. The van der Waals surface area contributed by atoms with Gasteiger partial charge in [-0.1, -0.05) is 24.3 Å². The Morgan fingerprint density at radius 3 is 2.31 bits per heavy atom. The first-order valence-electron chi connectivity index (χ1n) is 11.9. The van der Waals surface area contributed by atoms with Crippen molar-refractivity contribution in [3.63, 3.8) is 0 Å². The Morgan fingerprint density at radius 1 is 0.969 bits per heavy atom. The fourth-order valence-corrected chi connectivity index (χ4v) is 9.13. The summed E-state index contributed by atoms with van der Waals surface area (Å²) in [4.78, 5) is 13.5. The molecular formula is C26H30N2O3S. The van der Waals surface area contributed by atoms with E-state index in [1.165, 1.54) is 23.6 Å². The number of nitrogens with one attached hydrogen (secondary N) is 1. The fourth-order valence-electron chi connectivity index (χ4n) is 7.39. The molecule has 6 heteroatoms. The van der Waals surface area contributed by atoms with Gasteiger partial charge in [-0.25, -0.2) is 8.42 Å². The second-order valence-electron chi connectivity index (χ2n) is 10.7. The zero-order valence-corrected chi connectivity index (χ0v) is 19.3. The Labute approximate surface area is 190 Å². The molecule has 1 atom stereocenters. The number of para-hydroxylation sites is 1. The van der Waals surface area contributed by atoms with Gasteiger partial charge in [-0.15, -0.1) is 0 Å². The molecule has 0 radical (unpaired) electrons. The Kier molecular flexibility index (Phi) is 4.49. The van der Waals surface area contributed by atoms with Gasteiger partial charge in [-0.2, -0.15) is 0 Å². The standard InChI is InChI=1S/C26H30N2O3S/c1-17-9-21-5-2-3-8-24(21)28(17)32(30,31)23-7-4-6-22(13-23)25(29)27-26-14-18-10-19(15-26)12-20(11-18)16-26/h2-8,13,17-20H,9-12,14-16H2,1H3,(H,27,29)/t17-,18?,19?,20?,26?/m0/s1. The van der Waals surface area contributed by atoms with Crippen LogP contribution in [0.3, 0.4) is 0 Å². The maximum atomic E-state index is 13.6. The number of amides is 1. The van der Waals surface area contributed by atoms with E-state index >= 15 is 0 Å². The van der Waals surface area contributed by atoms with Gasteiger partial charge in [-0.05, 0) is 99.5 Å². The average Bonchev–Trinajstić information content (AvgIpc) is 3.09. The Hall–Kier alpha value is -2.34. The summed E-state index contributed by atoms with van der Waals surface area (Å²) in [5, 5.41) is 3.37. The lowest BCUT2D eigenvalue weighted by Gasteiger charge is -2.56. The third kappa shape index (κ3) is 3.18. The Balaban J connectivity index is 1.28. The van der Waals surface area contributed by atoms with E-state index in [0.717, 1.165) is 48.3 Å². The van der Waals surface area contributed by atoms with Crippen molar-refractivity contribution < 1.29 is 13.2 Å². The van der Waals surface area contributed by atoms with E-state index in [-0.39, 0.29) is 22.4 Å².